The van der Waals surface area contributed by atoms with E-state index < -0.39 is 6.10 Å². The number of rotatable bonds is 7. The fraction of sp³-hybridized carbons (Fsp3) is 0.625. The Morgan fingerprint density at radius 2 is 2.15 bits per heavy atom. The van der Waals surface area contributed by atoms with Gasteiger partial charge in [0.1, 0.15) is 0 Å². The van der Waals surface area contributed by atoms with Crippen LogP contribution in [0.3, 0.4) is 0 Å². The van der Waals surface area contributed by atoms with Crippen molar-refractivity contribution >= 4 is 15.9 Å². The second-order valence-electron chi connectivity index (χ2n) is 5.69. The van der Waals surface area contributed by atoms with Gasteiger partial charge in [0.2, 0.25) is 0 Å². The largest absolute Gasteiger partial charge is 0.387 e. The van der Waals surface area contributed by atoms with Gasteiger partial charge in [-0.2, -0.15) is 0 Å². The maximum absolute atomic E-state index is 10.1. The number of aliphatic hydroxyl groups is 1. The summed E-state index contributed by atoms with van der Waals surface area (Å²) in [6.45, 7) is 2.59. The smallest absolute Gasteiger partial charge is 0.0914 e. The molecule has 1 unspecified atom stereocenters. The zero-order chi connectivity index (χ0) is 14.4. The van der Waals surface area contributed by atoms with Crippen LogP contribution in [-0.2, 0) is 0 Å². The molecule has 0 aliphatic heterocycles. The van der Waals surface area contributed by atoms with E-state index in [4.69, 9.17) is 0 Å². The van der Waals surface area contributed by atoms with Gasteiger partial charge in [0.25, 0.3) is 0 Å². The molecule has 0 heterocycles. The molecular formula is C16H25BrN2O. The Morgan fingerprint density at radius 3 is 2.85 bits per heavy atom. The number of aliphatic hydroxyl groups excluding tert-OH is 1. The highest BCUT2D eigenvalue weighted by Gasteiger charge is 2.18. The van der Waals surface area contributed by atoms with E-state index in [-0.39, 0.29) is 0 Å². The lowest BCUT2D eigenvalue weighted by Crippen LogP contribution is -2.36. The quantitative estimate of drug-likeness (QED) is 0.749. The molecule has 1 aromatic carbocycles. The van der Waals surface area contributed by atoms with E-state index in [0.717, 1.165) is 29.2 Å². The van der Waals surface area contributed by atoms with Gasteiger partial charge in [0, 0.05) is 30.1 Å². The van der Waals surface area contributed by atoms with E-state index in [2.05, 4.69) is 33.2 Å². The summed E-state index contributed by atoms with van der Waals surface area (Å²) >= 11 is 3.43. The zero-order valence-electron chi connectivity index (χ0n) is 12.2. The van der Waals surface area contributed by atoms with Gasteiger partial charge >= 0.3 is 0 Å². The zero-order valence-corrected chi connectivity index (χ0v) is 13.8. The molecule has 1 aromatic rings. The molecule has 1 aliphatic carbocycles. The van der Waals surface area contributed by atoms with Crippen LogP contribution in [0.1, 0.15) is 37.4 Å². The second kappa shape index (κ2) is 8.13. The van der Waals surface area contributed by atoms with Crippen LogP contribution in [0, 0.1) is 0 Å². The van der Waals surface area contributed by atoms with Crippen molar-refractivity contribution in [1.29, 1.82) is 0 Å². The molecule has 0 spiro atoms. The third kappa shape index (κ3) is 4.85. The third-order valence-corrected chi connectivity index (χ3v) is 4.65. The monoisotopic (exact) mass is 340 g/mol. The first-order valence-electron chi connectivity index (χ1n) is 7.51. The Balaban J connectivity index is 1.65. The molecule has 2 rings (SSSR count). The summed E-state index contributed by atoms with van der Waals surface area (Å²) in [5.74, 6) is 0. The first kappa shape index (κ1) is 16.0. The molecule has 0 radical (unpaired) electrons. The lowest BCUT2D eigenvalue weighted by atomic mass is 10.1. The first-order chi connectivity index (χ1) is 9.66. The summed E-state index contributed by atoms with van der Waals surface area (Å²) in [4.78, 5) is 2.45. The molecule has 0 bridgehead atoms. The summed E-state index contributed by atoms with van der Waals surface area (Å²) < 4.78 is 1.01. The highest BCUT2D eigenvalue weighted by molar-refractivity contribution is 9.10. The molecule has 112 valence electrons. The molecular weight excluding hydrogens is 316 g/mol. The van der Waals surface area contributed by atoms with E-state index in [1.807, 2.05) is 24.3 Å². The number of nitrogens with one attached hydrogen (secondary N) is 1. The van der Waals surface area contributed by atoms with Crippen LogP contribution < -0.4 is 5.32 Å². The predicted octanol–water partition coefficient (Wildman–Crippen LogP) is 2.95. The summed E-state index contributed by atoms with van der Waals surface area (Å²) in [6, 6.07) is 8.63. The lowest BCUT2D eigenvalue weighted by molar-refractivity contribution is 0.170. The van der Waals surface area contributed by atoms with Crippen LogP contribution in [-0.4, -0.2) is 42.7 Å². The van der Waals surface area contributed by atoms with E-state index in [0.29, 0.717) is 6.54 Å². The number of hydrogen-bond acceptors (Lipinski definition) is 3. The number of likely N-dealkylation sites (N-methyl/N-ethyl adjacent to an activating group) is 1. The van der Waals surface area contributed by atoms with Gasteiger partial charge in [-0.1, -0.05) is 40.9 Å². The topological polar surface area (TPSA) is 35.5 Å². The van der Waals surface area contributed by atoms with Gasteiger partial charge in [-0.15, -0.1) is 0 Å². The molecule has 1 fully saturated rings. The normalized spacial score (nSPS) is 17.8. The summed E-state index contributed by atoms with van der Waals surface area (Å²) in [6.07, 6.45) is 5.01. The molecule has 4 heteroatoms. The summed E-state index contributed by atoms with van der Waals surface area (Å²) in [7, 11) is 2.21. The molecule has 1 aliphatic rings. The Kier molecular flexibility index (Phi) is 6.49. The summed E-state index contributed by atoms with van der Waals surface area (Å²) in [5.41, 5.74) is 0.955. The van der Waals surface area contributed by atoms with Gasteiger partial charge < -0.3 is 15.3 Å². The maximum atomic E-state index is 10.1. The minimum absolute atomic E-state index is 0.440. The van der Waals surface area contributed by atoms with Crippen molar-refractivity contribution in [2.75, 3.05) is 26.7 Å². The van der Waals surface area contributed by atoms with Crippen LogP contribution in [0.25, 0.3) is 0 Å². The van der Waals surface area contributed by atoms with Crippen LogP contribution in [0.5, 0.6) is 0 Å². The lowest BCUT2D eigenvalue weighted by Gasteiger charge is -2.24. The Labute approximate surface area is 130 Å². The number of benzene rings is 1. The van der Waals surface area contributed by atoms with Crippen molar-refractivity contribution < 1.29 is 5.11 Å². The van der Waals surface area contributed by atoms with E-state index in [9.17, 15) is 5.11 Å². The Bertz CT molecular complexity index is 407. The van der Waals surface area contributed by atoms with E-state index in [1.165, 1.54) is 25.7 Å². The Hall–Kier alpha value is -0.420. The van der Waals surface area contributed by atoms with Crippen LogP contribution >= 0.6 is 15.9 Å². The van der Waals surface area contributed by atoms with Crippen molar-refractivity contribution in [2.45, 2.75) is 37.8 Å². The molecule has 1 atom stereocenters. The molecule has 0 aromatic heterocycles. The second-order valence-corrected chi connectivity index (χ2v) is 6.61. The minimum Gasteiger partial charge on any atom is -0.387 e. The standard InChI is InChI=1S/C16H25BrN2O/c1-19(15-7-2-3-8-15)10-9-18-12-16(20)13-5-4-6-14(17)11-13/h4-6,11,15-16,18,20H,2-3,7-10,12H2,1H3. The average molecular weight is 341 g/mol. The van der Waals surface area contributed by atoms with Gasteiger partial charge in [0.15, 0.2) is 0 Å². The van der Waals surface area contributed by atoms with Crippen molar-refractivity contribution in [3.63, 3.8) is 0 Å². The first-order valence-corrected chi connectivity index (χ1v) is 8.30. The molecule has 3 nitrogen and oxygen atoms in total. The SMILES string of the molecule is CN(CCNCC(O)c1cccc(Br)c1)C1CCCC1. The average Bonchev–Trinajstić information content (AvgIpc) is 2.97. The Morgan fingerprint density at radius 1 is 1.40 bits per heavy atom. The van der Waals surface area contributed by atoms with Gasteiger partial charge in [-0.05, 0) is 37.6 Å². The number of nitrogens with zero attached hydrogens (tertiary/aromatic N) is 1. The third-order valence-electron chi connectivity index (χ3n) is 4.16. The predicted molar refractivity (Wildman–Crippen MR) is 86.9 cm³/mol. The van der Waals surface area contributed by atoms with E-state index in [1.54, 1.807) is 0 Å². The van der Waals surface area contributed by atoms with Crippen molar-refractivity contribution in [3.05, 3.63) is 34.3 Å². The molecule has 1 saturated carbocycles. The summed E-state index contributed by atoms with van der Waals surface area (Å²) in [5, 5.41) is 13.5. The molecule has 0 amide bonds. The van der Waals surface area contributed by atoms with Gasteiger partial charge in [0.05, 0.1) is 6.10 Å². The minimum atomic E-state index is -0.440. The number of halogens is 1. The van der Waals surface area contributed by atoms with Crippen LogP contribution in [0.2, 0.25) is 0 Å². The maximum Gasteiger partial charge on any atom is 0.0914 e. The fourth-order valence-corrected chi connectivity index (χ4v) is 3.27. The van der Waals surface area contributed by atoms with Gasteiger partial charge in [-0.3, -0.25) is 0 Å². The van der Waals surface area contributed by atoms with E-state index >= 15 is 0 Å². The fourth-order valence-electron chi connectivity index (χ4n) is 2.85. The molecule has 20 heavy (non-hydrogen) atoms. The molecule has 0 saturated heterocycles. The van der Waals surface area contributed by atoms with Crippen LogP contribution in [0.4, 0.5) is 0 Å². The highest BCUT2D eigenvalue weighted by atomic mass is 79.9. The van der Waals surface area contributed by atoms with Crippen molar-refractivity contribution in [1.82, 2.24) is 10.2 Å². The highest BCUT2D eigenvalue weighted by Crippen LogP contribution is 2.22. The van der Waals surface area contributed by atoms with Crippen molar-refractivity contribution in [3.8, 4) is 0 Å². The van der Waals surface area contributed by atoms with Gasteiger partial charge in [-0.25, -0.2) is 0 Å². The molecule has 2 N–H and O–H groups in total. The number of hydrogen-bond donors (Lipinski definition) is 2. The van der Waals surface area contributed by atoms with Crippen molar-refractivity contribution in [2.24, 2.45) is 0 Å². The van der Waals surface area contributed by atoms with Crippen LogP contribution in [0.15, 0.2) is 28.7 Å².